The Morgan fingerprint density at radius 1 is 1.50 bits per heavy atom. The fourth-order valence-electron chi connectivity index (χ4n) is 2.65. The Morgan fingerprint density at radius 2 is 2.20 bits per heavy atom. The van der Waals surface area contributed by atoms with Gasteiger partial charge in [0.15, 0.2) is 0 Å². The standard InChI is InChI=1S/C14H20N2O4/c1-20-8-7-16-9-12(15-13(17)18)14(19,10-16)11-5-3-2-4-6-11/h2-6,12,15,19H,7-10H2,1H3,(H,17,18)/t12-,14+/m1/s1. The first kappa shape index (κ1) is 14.8. The number of benzene rings is 1. The molecule has 0 spiro atoms. The molecule has 2 rings (SSSR count). The van der Waals surface area contributed by atoms with E-state index in [1.54, 1.807) is 7.11 Å². The molecule has 1 aliphatic heterocycles. The summed E-state index contributed by atoms with van der Waals surface area (Å²) in [6.45, 7) is 2.04. The van der Waals surface area contributed by atoms with Crippen LogP contribution in [0.5, 0.6) is 0 Å². The SMILES string of the molecule is COCCN1C[C@@H](NC(=O)O)[C@@](O)(c2ccccc2)C1. The Kier molecular flexibility index (Phi) is 4.59. The van der Waals surface area contributed by atoms with Gasteiger partial charge < -0.3 is 20.3 Å². The second-order valence-corrected chi connectivity index (χ2v) is 5.02. The normalized spacial score (nSPS) is 26.6. The first-order chi connectivity index (χ1) is 9.56. The van der Waals surface area contributed by atoms with Crippen LogP contribution in [0.15, 0.2) is 30.3 Å². The maximum absolute atomic E-state index is 10.9. The largest absolute Gasteiger partial charge is 0.465 e. The number of nitrogens with zero attached hydrogens (tertiary/aromatic N) is 1. The van der Waals surface area contributed by atoms with Crippen LogP contribution >= 0.6 is 0 Å². The van der Waals surface area contributed by atoms with E-state index in [2.05, 4.69) is 5.32 Å². The number of aliphatic hydroxyl groups is 1. The number of β-amino-alcohol motifs (C(OH)–C–C–N with tert-alkyl or cyclic N) is 1. The molecule has 6 nitrogen and oxygen atoms in total. The van der Waals surface area contributed by atoms with Crippen molar-refractivity contribution in [2.75, 3.05) is 33.4 Å². The van der Waals surface area contributed by atoms with E-state index in [4.69, 9.17) is 9.84 Å². The third-order valence-electron chi connectivity index (χ3n) is 3.66. The van der Waals surface area contributed by atoms with Crippen molar-refractivity contribution in [3.05, 3.63) is 35.9 Å². The molecule has 0 unspecified atom stereocenters. The minimum Gasteiger partial charge on any atom is -0.465 e. The summed E-state index contributed by atoms with van der Waals surface area (Å²) in [5.74, 6) is 0. The molecular formula is C14H20N2O4. The predicted octanol–water partition coefficient (Wildman–Crippen LogP) is 0.472. The number of methoxy groups -OCH3 is 1. The van der Waals surface area contributed by atoms with Crippen molar-refractivity contribution in [2.45, 2.75) is 11.6 Å². The molecule has 1 fully saturated rings. The molecule has 1 aromatic rings. The fourth-order valence-corrected chi connectivity index (χ4v) is 2.65. The first-order valence-corrected chi connectivity index (χ1v) is 6.55. The number of carbonyl (C=O) groups is 1. The van der Waals surface area contributed by atoms with Crippen molar-refractivity contribution in [2.24, 2.45) is 0 Å². The number of nitrogens with one attached hydrogen (secondary N) is 1. The smallest absolute Gasteiger partial charge is 0.405 e. The number of rotatable bonds is 5. The molecule has 3 N–H and O–H groups in total. The zero-order valence-electron chi connectivity index (χ0n) is 11.5. The lowest BCUT2D eigenvalue weighted by molar-refractivity contribution is 0.0218. The summed E-state index contributed by atoms with van der Waals surface area (Å²) < 4.78 is 5.03. The molecule has 110 valence electrons. The van der Waals surface area contributed by atoms with Gasteiger partial charge in [0.1, 0.15) is 5.60 Å². The highest BCUT2D eigenvalue weighted by Gasteiger charge is 2.47. The van der Waals surface area contributed by atoms with Gasteiger partial charge in [0.2, 0.25) is 0 Å². The molecule has 2 atom stereocenters. The third kappa shape index (κ3) is 3.09. The number of hydrogen-bond donors (Lipinski definition) is 3. The van der Waals surface area contributed by atoms with Crippen LogP contribution in [0.3, 0.4) is 0 Å². The van der Waals surface area contributed by atoms with E-state index < -0.39 is 17.7 Å². The van der Waals surface area contributed by atoms with Crippen LogP contribution < -0.4 is 5.32 Å². The summed E-state index contributed by atoms with van der Waals surface area (Å²) >= 11 is 0. The van der Waals surface area contributed by atoms with Crippen LogP contribution in [0.25, 0.3) is 0 Å². The van der Waals surface area contributed by atoms with Crippen LogP contribution in [0, 0.1) is 0 Å². The lowest BCUT2D eigenvalue weighted by Gasteiger charge is -2.29. The quantitative estimate of drug-likeness (QED) is 0.730. The summed E-state index contributed by atoms with van der Waals surface area (Å²) in [6.07, 6.45) is -1.13. The molecule has 0 bridgehead atoms. The van der Waals surface area contributed by atoms with E-state index in [1.165, 1.54) is 0 Å². The molecule has 1 aromatic carbocycles. The van der Waals surface area contributed by atoms with Crippen molar-refractivity contribution in [3.8, 4) is 0 Å². The van der Waals surface area contributed by atoms with Crippen molar-refractivity contribution < 1.29 is 19.7 Å². The molecule has 1 aliphatic rings. The van der Waals surface area contributed by atoms with E-state index in [1.807, 2.05) is 35.2 Å². The molecule has 0 saturated carbocycles. The van der Waals surface area contributed by atoms with Crippen LogP contribution in [0.4, 0.5) is 4.79 Å². The van der Waals surface area contributed by atoms with Gasteiger partial charge in [-0.15, -0.1) is 0 Å². The second-order valence-electron chi connectivity index (χ2n) is 5.02. The number of hydrogen-bond acceptors (Lipinski definition) is 4. The number of likely N-dealkylation sites (tertiary alicyclic amines) is 1. The van der Waals surface area contributed by atoms with Crippen molar-refractivity contribution in [3.63, 3.8) is 0 Å². The Balaban J connectivity index is 2.20. The van der Waals surface area contributed by atoms with Gasteiger partial charge in [-0.05, 0) is 5.56 Å². The van der Waals surface area contributed by atoms with Crippen LogP contribution in [-0.4, -0.2) is 60.6 Å². The zero-order valence-corrected chi connectivity index (χ0v) is 11.5. The maximum atomic E-state index is 10.9. The van der Waals surface area contributed by atoms with Gasteiger partial charge >= 0.3 is 6.09 Å². The third-order valence-corrected chi connectivity index (χ3v) is 3.66. The molecule has 1 heterocycles. The van der Waals surface area contributed by atoms with Gasteiger partial charge in [0.05, 0.1) is 12.6 Å². The summed E-state index contributed by atoms with van der Waals surface area (Å²) in [5.41, 5.74) is -0.494. The molecular weight excluding hydrogens is 260 g/mol. The van der Waals surface area contributed by atoms with Gasteiger partial charge in [-0.25, -0.2) is 4.79 Å². The molecule has 0 aliphatic carbocycles. The average Bonchev–Trinajstić information content (AvgIpc) is 2.75. The average molecular weight is 280 g/mol. The Labute approximate surface area is 118 Å². The van der Waals surface area contributed by atoms with E-state index in [9.17, 15) is 9.90 Å². The second kappa shape index (κ2) is 6.21. The summed E-state index contributed by atoms with van der Waals surface area (Å²) in [7, 11) is 1.62. The Morgan fingerprint density at radius 3 is 2.80 bits per heavy atom. The van der Waals surface area contributed by atoms with Crippen LogP contribution in [0.1, 0.15) is 5.56 Å². The van der Waals surface area contributed by atoms with Gasteiger partial charge in [0.25, 0.3) is 0 Å². The van der Waals surface area contributed by atoms with Gasteiger partial charge in [-0.3, -0.25) is 4.90 Å². The molecule has 1 saturated heterocycles. The summed E-state index contributed by atoms with van der Waals surface area (Å²) in [4.78, 5) is 12.9. The monoisotopic (exact) mass is 280 g/mol. The fraction of sp³-hybridized carbons (Fsp3) is 0.500. The topological polar surface area (TPSA) is 82.0 Å². The highest BCUT2D eigenvalue weighted by atomic mass is 16.5. The van der Waals surface area contributed by atoms with Crippen LogP contribution in [-0.2, 0) is 10.3 Å². The van der Waals surface area contributed by atoms with E-state index >= 15 is 0 Å². The highest BCUT2D eigenvalue weighted by Crippen LogP contribution is 2.32. The van der Waals surface area contributed by atoms with Crippen LogP contribution in [0.2, 0.25) is 0 Å². The minimum absolute atomic E-state index is 0.380. The molecule has 0 radical (unpaired) electrons. The lowest BCUT2D eigenvalue weighted by Crippen LogP contribution is -2.49. The van der Waals surface area contributed by atoms with Crippen molar-refractivity contribution >= 4 is 6.09 Å². The number of carboxylic acid groups (broad SMARTS) is 1. The number of ether oxygens (including phenoxy) is 1. The molecule has 1 amide bonds. The Bertz CT molecular complexity index is 454. The van der Waals surface area contributed by atoms with Gasteiger partial charge in [0, 0.05) is 26.7 Å². The zero-order chi connectivity index (χ0) is 14.6. The van der Waals surface area contributed by atoms with E-state index in [0.29, 0.717) is 26.2 Å². The van der Waals surface area contributed by atoms with E-state index in [-0.39, 0.29) is 0 Å². The van der Waals surface area contributed by atoms with Crippen molar-refractivity contribution in [1.82, 2.24) is 10.2 Å². The summed E-state index contributed by atoms with van der Waals surface area (Å²) in [6, 6.07) is 8.61. The minimum atomic E-state index is -1.21. The number of amides is 1. The van der Waals surface area contributed by atoms with Gasteiger partial charge in [-0.2, -0.15) is 0 Å². The molecule has 20 heavy (non-hydrogen) atoms. The lowest BCUT2D eigenvalue weighted by atomic mass is 9.89. The predicted molar refractivity (Wildman–Crippen MR) is 73.6 cm³/mol. The molecule has 0 aromatic heterocycles. The maximum Gasteiger partial charge on any atom is 0.405 e. The highest BCUT2D eigenvalue weighted by molar-refractivity contribution is 5.65. The summed E-state index contributed by atoms with van der Waals surface area (Å²) in [5, 5.41) is 22.3. The first-order valence-electron chi connectivity index (χ1n) is 6.55. The van der Waals surface area contributed by atoms with Crippen molar-refractivity contribution in [1.29, 1.82) is 0 Å². The van der Waals surface area contributed by atoms with E-state index in [0.717, 1.165) is 5.56 Å². The molecule has 6 heteroatoms. The van der Waals surface area contributed by atoms with Gasteiger partial charge in [-0.1, -0.05) is 30.3 Å². The Hall–Kier alpha value is -1.63.